The van der Waals surface area contributed by atoms with E-state index in [0.29, 0.717) is 19.8 Å². The third-order valence-corrected chi connectivity index (χ3v) is 3.87. The first-order chi connectivity index (χ1) is 13.3. The van der Waals surface area contributed by atoms with Gasteiger partial charge in [0.2, 0.25) is 0 Å². The van der Waals surface area contributed by atoms with Gasteiger partial charge in [0.1, 0.15) is 0 Å². The van der Waals surface area contributed by atoms with Gasteiger partial charge in [0, 0.05) is 26.5 Å². The number of aliphatic imine (C=N–C) groups is 1. The van der Waals surface area contributed by atoms with Crippen LogP contribution in [0.15, 0.2) is 83.9 Å². The number of rotatable bonds is 11. The molecule has 142 valence electrons. The minimum Gasteiger partial charge on any atom is -0.383 e. The van der Waals surface area contributed by atoms with E-state index in [1.165, 1.54) is 0 Å². The number of ether oxygens (including phenoxy) is 2. The predicted molar refractivity (Wildman–Crippen MR) is 113 cm³/mol. The molecule has 0 aliphatic carbocycles. The maximum atomic E-state index is 5.14. The smallest absolute Gasteiger partial charge is 0.0658 e. The number of nitrogens with zero attached hydrogens (tertiary/aromatic N) is 1. The molecule has 0 bridgehead atoms. The van der Waals surface area contributed by atoms with Crippen molar-refractivity contribution in [2.75, 3.05) is 40.5 Å². The van der Waals surface area contributed by atoms with Gasteiger partial charge in [-0.05, 0) is 23.3 Å². The molecule has 0 saturated carbocycles. The van der Waals surface area contributed by atoms with E-state index in [2.05, 4.69) is 40.7 Å². The highest BCUT2D eigenvalue weighted by atomic mass is 16.5. The number of nitrogens with one attached hydrogen (secondary N) is 1. The molecule has 4 nitrogen and oxygen atoms in total. The average molecular weight is 364 g/mol. The van der Waals surface area contributed by atoms with E-state index in [1.54, 1.807) is 14.2 Å². The third kappa shape index (κ3) is 7.60. The molecule has 0 heterocycles. The van der Waals surface area contributed by atoms with Gasteiger partial charge in [-0.3, -0.25) is 4.99 Å². The van der Waals surface area contributed by atoms with Crippen molar-refractivity contribution in [1.82, 2.24) is 5.32 Å². The Bertz CT molecular complexity index is 737. The van der Waals surface area contributed by atoms with Gasteiger partial charge in [0.05, 0.1) is 25.5 Å². The molecule has 27 heavy (non-hydrogen) atoms. The van der Waals surface area contributed by atoms with Gasteiger partial charge in [0.15, 0.2) is 0 Å². The van der Waals surface area contributed by atoms with E-state index in [4.69, 9.17) is 9.47 Å². The van der Waals surface area contributed by atoms with Crippen molar-refractivity contribution in [2.24, 2.45) is 4.99 Å². The quantitative estimate of drug-likeness (QED) is 0.373. The monoisotopic (exact) mass is 364 g/mol. The van der Waals surface area contributed by atoms with Crippen molar-refractivity contribution in [1.29, 1.82) is 0 Å². The first-order valence-corrected chi connectivity index (χ1v) is 9.10. The number of methoxy groups -OCH3 is 2. The Morgan fingerprint density at radius 1 is 0.889 bits per heavy atom. The lowest BCUT2D eigenvalue weighted by Gasteiger charge is -2.10. The minimum absolute atomic E-state index is 0.605. The maximum Gasteiger partial charge on any atom is 0.0658 e. The molecule has 4 heteroatoms. The molecule has 0 spiro atoms. The molecular weight excluding hydrogens is 336 g/mol. The number of hydrogen-bond acceptors (Lipinski definition) is 4. The van der Waals surface area contributed by atoms with Gasteiger partial charge in [-0.25, -0.2) is 0 Å². The zero-order valence-electron chi connectivity index (χ0n) is 16.1. The van der Waals surface area contributed by atoms with E-state index in [0.717, 1.165) is 29.1 Å². The summed E-state index contributed by atoms with van der Waals surface area (Å²) in [6, 6.07) is 20.4. The van der Waals surface area contributed by atoms with Crippen molar-refractivity contribution in [2.45, 2.75) is 0 Å². The Balaban J connectivity index is 2.20. The summed E-state index contributed by atoms with van der Waals surface area (Å²) in [6.45, 7) is 2.64. The standard InChI is InChI=1S/C23H28N2O2/c1-26-18-16-24-22(20-10-5-3-6-11-20)14-9-15-23(25-17-19-27-2)21-12-7-4-8-13-21/h3-15,24H,16-19H2,1-2H3/b15-9+,22-14-,25-23?. The molecule has 2 aromatic rings. The lowest BCUT2D eigenvalue weighted by molar-refractivity contribution is 0.203. The summed E-state index contributed by atoms with van der Waals surface area (Å²) in [6.07, 6.45) is 6.13. The van der Waals surface area contributed by atoms with Crippen LogP contribution in [0.5, 0.6) is 0 Å². The van der Waals surface area contributed by atoms with E-state index in [9.17, 15) is 0 Å². The molecule has 0 aliphatic heterocycles. The minimum atomic E-state index is 0.605. The highest BCUT2D eigenvalue weighted by Gasteiger charge is 2.00. The van der Waals surface area contributed by atoms with Crippen LogP contribution < -0.4 is 5.32 Å². The number of hydrogen-bond donors (Lipinski definition) is 1. The number of benzene rings is 2. The van der Waals surface area contributed by atoms with Crippen molar-refractivity contribution in [3.8, 4) is 0 Å². The SMILES string of the molecule is COCCN=C(/C=C/C=C(\NCCOC)c1ccccc1)c1ccccc1. The maximum absolute atomic E-state index is 5.14. The summed E-state index contributed by atoms with van der Waals surface area (Å²) < 4.78 is 10.3. The van der Waals surface area contributed by atoms with Crippen LogP contribution in [0.2, 0.25) is 0 Å². The van der Waals surface area contributed by atoms with Crippen LogP contribution in [0.1, 0.15) is 11.1 Å². The Kier molecular flexibility index (Phi) is 9.64. The molecule has 0 atom stereocenters. The summed E-state index contributed by atoms with van der Waals surface area (Å²) in [4.78, 5) is 4.66. The summed E-state index contributed by atoms with van der Waals surface area (Å²) in [5.74, 6) is 0. The van der Waals surface area contributed by atoms with Crippen LogP contribution in [0.3, 0.4) is 0 Å². The van der Waals surface area contributed by atoms with Gasteiger partial charge in [0.25, 0.3) is 0 Å². The molecule has 0 aliphatic rings. The molecule has 0 radical (unpaired) electrons. The van der Waals surface area contributed by atoms with Gasteiger partial charge in [-0.1, -0.05) is 66.7 Å². The van der Waals surface area contributed by atoms with E-state index < -0.39 is 0 Å². The summed E-state index contributed by atoms with van der Waals surface area (Å²) >= 11 is 0. The Hall–Kier alpha value is -2.69. The molecule has 1 N–H and O–H groups in total. The molecule has 0 amide bonds. The predicted octanol–water partition coefficient (Wildman–Crippen LogP) is 3.96. The fourth-order valence-corrected chi connectivity index (χ4v) is 2.50. The van der Waals surface area contributed by atoms with E-state index in [-0.39, 0.29) is 0 Å². The Morgan fingerprint density at radius 3 is 2.15 bits per heavy atom. The third-order valence-electron chi connectivity index (χ3n) is 3.87. The van der Waals surface area contributed by atoms with E-state index in [1.807, 2.05) is 48.6 Å². The van der Waals surface area contributed by atoms with Crippen molar-refractivity contribution in [3.63, 3.8) is 0 Å². The highest BCUT2D eigenvalue weighted by Crippen LogP contribution is 2.11. The molecule has 0 fully saturated rings. The molecule has 0 aromatic heterocycles. The van der Waals surface area contributed by atoms with Crippen LogP contribution in [-0.2, 0) is 9.47 Å². The first kappa shape index (κ1) is 20.6. The molecule has 2 rings (SSSR count). The number of allylic oxidation sites excluding steroid dienone is 3. The molecular formula is C23H28N2O2. The lowest BCUT2D eigenvalue weighted by Crippen LogP contribution is -2.17. The lowest BCUT2D eigenvalue weighted by atomic mass is 10.1. The van der Waals surface area contributed by atoms with Crippen LogP contribution in [-0.4, -0.2) is 46.2 Å². The molecule has 0 saturated heterocycles. The van der Waals surface area contributed by atoms with Gasteiger partial charge in [-0.2, -0.15) is 0 Å². The first-order valence-electron chi connectivity index (χ1n) is 9.10. The van der Waals surface area contributed by atoms with Crippen LogP contribution >= 0.6 is 0 Å². The fraction of sp³-hybridized carbons (Fsp3) is 0.261. The zero-order valence-corrected chi connectivity index (χ0v) is 16.1. The Morgan fingerprint density at radius 2 is 1.52 bits per heavy atom. The summed E-state index contributed by atoms with van der Waals surface area (Å²) in [5.41, 5.74) is 4.21. The van der Waals surface area contributed by atoms with Crippen molar-refractivity contribution in [3.05, 3.63) is 90.0 Å². The van der Waals surface area contributed by atoms with Crippen LogP contribution in [0.4, 0.5) is 0 Å². The second-order valence-corrected chi connectivity index (χ2v) is 5.85. The average Bonchev–Trinajstić information content (AvgIpc) is 2.73. The Labute approximate surface area is 162 Å². The molecule has 0 unspecified atom stereocenters. The highest BCUT2D eigenvalue weighted by molar-refractivity contribution is 6.08. The second kappa shape index (κ2) is 12.6. The van der Waals surface area contributed by atoms with Crippen LogP contribution in [0, 0.1) is 0 Å². The van der Waals surface area contributed by atoms with Gasteiger partial charge >= 0.3 is 0 Å². The van der Waals surface area contributed by atoms with Crippen molar-refractivity contribution < 1.29 is 9.47 Å². The van der Waals surface area contributed by atoms with Gasteiger partial charge in [-0.15, -0.1) is 0 Å². The largest absolute Gasteiger partial charge is 0.383 e. The van der Waals surface area contributed by atoms with E-state index >= 15 is 0 Å². The normalized spacial score (nSPS) is 12.5. The van der Waals surface area contributed by atoms with Gasteiger partial charge < -0.3 is 14.8 Å². The zero-order chi connectivity index (χ0) is 19.2. The topological polar surface area (TPSA) is 42.8 Å². The summed E-state index contributed by atoms with van der Waals surface area (Å²) in [5, 5.41) is 3.43. The van der Waals surface area contributed by atoms with Crippen LogP contribution in [0.25, 0.3) is 5.70 Å². The fourth-order valence-electron chi connectivity index (χ4n) is 2.50. The van der Waals surface area contributed by atoms with Crippen molar-refractivity contribution >= 4 is 11.4 Å². The summed E-state index contributed by atoms with van der Waals surface area (Å²) in [7, 11) is 3.39. The molecule has 2 aromatic carbocycles. The second-order valence-electron chi connectivity index (χ2n) is 5.85.